The molecule has 1 aromatic rings. The predicted molar refractivity (Wildman–Crippen MR) is 93.4 cm³/mol. The minimum Gasteiger partial charge on any atom is -0.481 e. The standard InChI is InChI=1S/C18H23N3O5/c1-10-8-11(2)19-15(14(10)17(25)26)21-6-4-18(5-7-21)12(16(23)24)9-13(22)20(18)3/h8,12H,4-7,9H2,1-3H3,(H,23,24)(H,25,26). The van der Waals surface area contributed by atoms with Gasteiger partial charge in [-0.3, -0.25) is 9.59 Å². The van der Waals surface area contributed by atoms with Gasteiger partial charge < -0.3 is 20.0 Å². The number of aromatic carboxylic acids is 1. The summed E-state index contributed by atoms with van der Waals surface area (Å²) in [4.78, 5) is 43.4. The van der Waals surface area contributed by atoms with Crippen LogP contribution in [0.25, 0.3) is 0 Å². The number of piperidine rings is 1. The highest BCUT2D eigenvalue weighted by molar-refractivity contribution is 5.95. The predicted octanol–water partition coefficient (Wildman–Crippen LogP) is 1.30. The molecule has 1 amide bonds. The second-order valence-corrected chi connectivity index (χ2v) is 7.22. The molecule has 26 heavy (non-hydrogen) atoms. The van der Waals surface area contributed by atoms with Crippen molar-refractivity contribution in [3.05, 3.63) is 22.9 Å². The Morgan fingerprint density at radius 2 is 1.85 bits per heavy atom. The maximum Gasteiger partial charge on any atom is 0.339 e. The minimum atomic E-state index is -1.03. The van der Waals surface area contributed by atoms with E-state index in [1.54, 1.807) is 24.9 Å². The Bertz CT molecular complexity index is 783. The van der Waals surface area contributed by atoms with Crippen LogP contribution >= 0.6 is 0 Å². The number of aliphatic carboxylic acids is 1. The fraction of sp³-hybridized carbons (Fsp3) is 0.556. The maximum atomic E-state index is 12.1. The third-order valence-corrected chi connectivity index (χ3v) is 5.84. The second-order valence-electron chi connectivity index (χ2n) is 7.22. The van der Waals surface area contributed by atoms with E-state index in [2.05, 4.69) is 4.98 Å². The fourth-order valence-corrected chi connectivity index (χ4v) is 4.40. The van der Waals surface area contributed by atoms with Crippen molar-refractivity contribution in [3.8, 4) is 0 Å². The van der Waals surface area contributed by atoms with Gasteiger partial charge in [-0.1, -0.05) is 0 Å². The van der Waals surface area contributed by atoms with Gasteiger partial charge >= 0.3 is 11.9 Å². The van der Waals surface area contributed by atoms with Crippen molar-refractivity contribution in [1.29, 1.82) is 0 Å². The molecule has 0 bridgehead atoms. The maximum absolute atomic E-state index is 12.1. The quantitative estimate of drug-likeness (QED) is 0.834. The lowest BCUT2D eigenvalue weighted by Crippen LogP contribution is -2.56. The Balaban J connectivity index is 1.91. The summed E-state index contributed by atoms with van der Waals surface area (Å²) in [5, 5.41) is 19.1. The largest absolute Gasteiger partial charge is 0.481 e. The number of rotatable bonds is 3. The number of hydrogen-bond donors (Lipinski definition) is 2. The minimum absolute atomic E-state index is 0.0218. The van der Waals surface area contributed by atoms with Gasteiger partial charge in [0.2, 0.25) is 5.91 Å². The lowest BCUT2D eigenvalue weighted by atomic mass is 9.77. The third-order valence-electron chi connectivity index (χ3n) is 5.84. The van der Waals surface area contributed by atoms with Crippen LogP contribution in [-0.2, 0) is 9.59 Å². The molecule has 1 atom stereocenters. The molecule has 2 aliphatic heterocycles. The smallest absolute Gasteiger partial charge is 0.339 e. The van der Waals surface area contributed by atoms with Gasteiger partial charge in [-0.2, -0.15) is 0 Å². The number of likely N-dealkylation sites (tertiary alicyclic amines) is 1. The van der Waals surface area contributed by atoms with E-state index < -0.39 is 23.4 Å². The van der Waals surface area contributed by atoms with Gasteiger partial charge in [-0.15, -0.1) is 0 Å². The van der Waals surface area contributed by atoms with Gasteiger partial charge in [-0.05, 0) is 38.3 Å². The molecule has 2 aliphatic rings. The highest BCUT2D eigenvalue weighted by atomic mass is 16.4. The van der Waals surface area contributed by atoms with E-state index in [-0.39, 0.29) is 17.9 Å². The monoisotopic (exact) mass is 361 g/mol. The normalized spacial score (nSPS) is 22.1. The molecule has 0 saturated carbocycles. The van der Waals surface area contributed by atoms with Gasteiger partial charge in [-0.25, -0.2) is 9.78 Å². The van der Waals surface area contributed by atoms with Crippen LogP contribution in [0.5, 0.6) is 0 Å². The summed E-state index contributed by atoms with van der Waals surface area (Å²) in [7, 11) is 1.67. The van der Waals surface area contributed by atoms with E-state index >= 15 is 0 Å². The van der Waals surface area contributed by atoms with Gasteiger partial charge in [0.05, 0.1) is 11.5 Å². The number of aryl methyl sites for hydroxylation is 2. The molecule has 0 aromatic carbocycles. The molecule has 140 valence electrons. The van der Waals surface area contributed by atoms with Gasteiger partial charge in [0.15, 0.2) is 0 Å². The summed E-state index contributed by atoms with van der Waals surface area (Å²) < 4.78 is 0. The second kappa shape index (κ2) is 6.26. The SMILES string of the molecule is Cc1cc(C)c(C(=O)O)c(N2CCC3(CC2)C(C(=O)O)CC(=O)N3C)n1. The summed E-state index contributed by atoms with van der Waals surface area (Å²) in [5.74, 6) is -2.44. The van der Waals surface area contributed by atoms with Crippen LogP contribution in [0.2, 0.25) is 0 Å². The number of nitrogens with zero attached hydrogens (tertiary/aromatic N) is 3. The van der Waals surface area contributed by atoms with Crippen molar-refractivity contribution in [1.82, 2.24) is 9.88 Å². The van der Waals surface area contributed by atoms with Crippen LogP contribution in [0.1, 0.15) is 40.9 Å². The summed E-state index contributed by atoms with van der Waals surface area (Å²) in [6.45, 7) is 4.48. The molecule has 8 heteroatoms. The zero-order chi connectivity index (χ0) is 19.2. The number of carbonyl (C=O) groups is 3. The van der Waals surface area contributed by atoms with E-state index in [9.17, 15) is 24.6 Å². The first-order valence-electron chi connectivity index (χ1n) is 8.63. The Morgan fingerprint density at radius 1 is 1.23 bits per heavy atom. The molecule has 0 aliphatic carbocycles. The van der Waals surface area contributed by atoms with Gasteiger partial charge in [0.25, 0.3) is 0 Å². The number of pyridine rings is 1. The van der Waals surface area contributed by atoms with Crippen LogP contribution in [0.4, 0.5) is 5.82 Å². The third kappa shape index (κ3) is 2.69. The zero-order valence-electron chi connectivity index (χ0n) is 15.2. The van der Waals surface area contributed by atoms with Gasteiger partial charge in [0, 0.05) is 32.3 Å². The average Bonchev–Trinajstić information content (AvgIpc) is 2.80. The Kier molecular flexibility index (Phi) is 4.37. The lowest BCUT2D eigenvalue weighted by Gasteiger charge is -2.46. The molecule has 2 N–H and O–H groups in total. The Morgan fingerprint density at radius 3 is 2.38 bits per heavy atom. The molecule has 1 aromatic heterocycles. The molecule has 0 radical (unpaired) electrons. The lowest BCUT2D eigenvalue weighted by molar-refractivity contribution is -0.145. The molecule has 1 unspecified atom stereocenters. The Hall–Kier alpha value is -2.64. The first-order valence-corrected chi connectivity index (χ1v) is 8.63. The average molecular weight is 361 g/mol. The number of aromatic nitrogens is 1. The number of amides is 1. The highest BCUT2D eigenvalue weighted by Crippen LogP contribution is 2.43. The van der Waals surface area contributed by atoms with Crippen molar-refractivity contribution >= 4 is 23.7 Å². The van der Waals surface area contributed by atoms with E-state index in [1.807, 2.05) is 11.8 Å². The van der Waals surface area contributed by atoms with Crippen molar-refractivity contribution in [2.24, 2.45) is 5.92 Å². The summed E-state index contributed by atoms with van der Waals surface area (Å²) in [6.07, 6.45) is 0.966. The highest BCUT2D eigenvalue weighted by Gasteiger charge is 2.55. The number of hydrogen-bond acceptors (Lipinski definition) is 5. The molecule has 1 spiro atoms. The van der Waals surface area contributed by atoms with Gasteiger partial charge in [0.1, 0.15) is 11.4 Å². The molecule has 2 saturated heterocycles. The van der Waals surface area contributed by atoms with E-state index in [0.29, 0.717) is 37.3 Å². The first-order chi connectivity index (χ1) is 12.2. The molecule has 3 rings (SSSR count). The van der Waals surface area contributed by atoms with Crippen LogP contribution in [0.15, 0.2) is 6.07 Å². The molecule has 3 heterocycles. The van der Waals surface area contributed by atoms with E-state index in [0.717, 1.165) is 5.69 Å². The fourth-order valence-electron chi connectivity index (χ4n) is 4.40. The van der Waals surface area contributed by atoms with Crippen LogP contribution in [-0.4, -0.2) is 63.6 Å². The van der Waals surface area contributed by atoms with Crippen molar-refractivity contribution < 1.29 is 24.6 Å². The number of carboxylic acid groups (broad SMARTS) is 2. The zero-order valence-corrected chi connectivity index (χ0v) is 15.2. The Labute approximate surface area is 151 Å². The molecule has 8 nitrogen and oxygen atoms in total. The van der Waals surface area contributed by atoms with E-state index in [1.165, 1.54) is 0 Å². The van der Waals surface area contributed by atoms with Crippen LogP contribution < -0.4 is 4.90 Å². The van der Waals surface area contributed by atoms with Crippen LogP contribution in [0, 0.1) is 19.8 Å². The summed E-state index contributed by atoms with van der Waals surface area (Å²) in [6, 6.07) is 1.74. The first kappa shape index (κ1) is 18.2. The van der Waals surface area contributed by atoms with Crippen molar-refractivity contribution in [2.45, 2.75) is 38.6 Å². The topological polar surface area (TPSA) is 111 Å². The number of carboxylic acids is 2. The molecule has 2 fully saturated rings. The molecular formula is C18H23N3O5. The van der Waals surface area contributed by atoms with Crippen molar-refractivity contribution in [3.63, 3.8) is 0 Å². The summed E-state index contributed by atoms with van der Waals surface area (Å²) in [5.41, 5.74) is 0.857. The number of anilines is 1. The van der Waals surface area contributed by atoms with Crippen LogP contribution in [0.3, 0.4) is 0 Å². The summed E-state index contributed by atoms with van der Waals surface area (Å²) >= 11 is 0. The molecular weight excluding hydrogens is 338 g/mol. The van der Waals surface area contributed by atoms with Crippen molar-refractivity contribution in [2.75, 3.05) is 25.0 Å². The number of carbonyl (C=O) groups excluding carboxylic acids is 1. The van der Waals surface area contributed by atoms with E-state index in [4.69, 9.17) is 0 Å².